The molecule has 2 nitrogen and oxygen atoms in total. The molecule has 0 aliphatic carbocycles. The number of allylic oxidation sites excluding steroid dienone is 2. The van der Waals surface area contributed by atoms with Crippen LogP contribution in [0.4, 0.5) is 0 Å². The molecule has 0 spiro atoms. The lowest BCUT2D eigenvalue weighted by atomic mass is 10.1. The number of hydrogen-bond donors (Lipinski definition) is 0. The Hall–Kier alpha value is -1.54. The fraction of sp³-hybridized carbons (Fsp3) is 0.167. The van der Waals surface area contributed by atoms with Gasteiger partial charge >= 0.3 is 0 Å². The van der Waals surface area contributed by atoms with Gasteiger partial charge in [-0.3, -0.25) is 9.90 Å². The Morgan fingerprint density at radius 1 is 1.14 bits per heavy atom. The predicted octanol–water partition coefficient (Wildman–Crippen LogP) is 2.67. The molecule has 0 aromatic heterocycles. The summed E-state index contributed by atoms with van der Waals surface area (Å²) in [5, 5.41) is 1.83. The van der Waals surface area contributed by atoms with Gasteiger partial charge in [0.25, 0.3) is 0 Å². The number of hydrogen-bond acceptors (Lipinski definition) is 2. The quantitative estimate of drug-likeness (QED) is 0.705. The van der Waals surface area contributed by atoms with Crippen LogP contribution in [0.25, 0.3) is 0 Å². The average molecular weight is 187 g/mol. The van der Waals surface area contributed by atoms with E-state index in [9.17, 15) is 0 Å². The summed E-state index contributed by atoms with van der Waals surface area (Å²) in [7, 11) is 1.68. The first-order valence-corrected chi connectivity index (χ1v) is 4.64. The molecule has 0 saturated carbocycles. The number of benzene rings is 1. The second-order valence-electron chi connectivity index (χ2n) is 3.12. The molecule has 2 heteroatoms. The van der Waals surface area contributed by atoms with Gasteiger partial charge in [-0.2, -0.15) is 0 Å². The summed E-state index contributed by atoms with van der Waals surface area (Å²) in [6, 6.07) is 10.5. The molecule has 1 aromatic rings. The van der Waals surface area contributed by atoms with E-state index < -0.39 is 0 Å². The molecule has 1 atom stereocenters. The maximum Gasteiger partial charge on any atom is 0.0992 e. The van der Waals surface area contributed by atoms with E-state index in [1.807, 2.05) is 41.6 Å². The van der Waals surface area contributed by atoms with E-state index in [0.29, 0.717) is 0 Å². The van der Waals surface area contributed by atoms with E-state index in [4.69, 9.17) is 4.84 Å². The van der Waals surface area contributed by atoms with E-state index in [1.54, 1.807) is 7.11 Å². The normalized spacial score (nSPS) is 20.1. The second kappa shape index (κ2) is 4.11. The van der Waals surface area contributed by atoms with Gasteiger partial charge in [-0.15, -0.1) is 0 Å². The van der Waals surface area contributed by atoms with Gasteiger partial charge in [0.15, 0.2) is 0 Å². The number of hydroxylamine groups is 2. The van der Waals surface area contributed by atoms with Gasteiger partial charge in [-0.1, -0.05) is 42.5 Å². The van der Waals surface area contributed by atoms with Crippen LogP contribution in [0.15, 0.2) is 54.8 Å². The lowest BCUT2D eigenvalue weighted by molar-refractivity contribution is -0.110. The Balaban J connectivity index is 2.25. The molecular weight excluding hydrogens is 174 g/mol. The third-order valence-electron chi connectivity index (χ3n) is 2.26. The highest BCUT2D eigenvalue weighted by Gasteiger charge is 2.15. The first-order chi connectivity index (χ1) is 6.92. The molecule has 1 aliphatic heterocycles. The van der Waals surface area contributed by atoms with Gasteiger partial charge in [0, 0.05) is 6.20 Å². The molecule has 1 aliphatic rings. The van der Waals surface area contributed by atoms with Gasteiger partial charge in [-0.05, 0) is 11.6 Å². The van der Waals surface area contributed by atoms with Crippen molar-refractivity contribution in [3.05, 3.63) is 60.3 Å². The maximum absolute atomic E-state index is 5.25. The topological polar surface area (TPSA) is 12.5 Å². The molecule has 0 amide bonds. The van der Waals surface area contributed by atoms with Crippen LogP contribution >= 0.6 is 0 Å². The fourth-order valence-electron chi connectivity index (χ4n) is 1.56. The van der Waals surface area contributed by atoms with Crippen molar-refractivity contribution in [2.45, 2.75) is 6.04 Å². The highest BCUT2D eigenvalue weighted by molar-refractivity contribution is 5.26. The van der Waals surface area contributed by atoms with Crippen LogP contribution < -0.4 is 0 Å². The van der Waals surface area contributed by atoms with Crippen molar-refractivity contribution in [1.29, 1.82) is 0 Å². The van der Waals surface area contributed by atoms with E-state index >= 15 is 0 Å². The molecule has 1 aromatic carbocycles. The summed E-state index contributed by atoms with van der Waals surface area (Å²) in [6.07, 6.45) is 8.03. The first-order valence-electron chi connectivity index (χ1n) is 4.64. The van der Waals surface area contributed by atoms with Crippen LogP contribution in [0, 0.1) is 0 Å². The molecule has 72 valence electrons. The summed E-state index contributed by atoms with van der Waals surface area (Å²) in [4.78, 5) is 5.25. The smallest absolute Gasteiger partial charge is 0.0992 e. The minimum atomic E-state index is 0.186. The molecule has 2 rings (SSSR count). The van der Waals surface area contributed by atoms with Crippen LogP contribution in [-0.2, 0) is 4.84 Å². The standard InChI is InChI=1S/C12H13NO/c1-14-13-10-6-5-9-12(13)11-7-3-2-4-8-11/h2-10,12H,1H3. The van der Waals surface area contributed by atoms with Crippen molar-refractivity contribution < 1.29 is 4.84 Å². The average Bonchev–Trinajstić information content (AvgIpc) is 2.30. The van der Waals surface area contributed by atoms with Crippen molar-refractivity contribution in [3.63, 3.8) is 0 Å². The molecule has 1 unspecified atom stereocenters. The van der Waals surface area contributed by atoms with Gasteiger partial charge in [-0.25, -0.2) is 0 Å². The molecule has 0 fully saturated rings. The molecule has 14 heavy (non-hydrogen) atoms. The lowest BCUT2D eigenvalue weighted by Crippen LogP contribution is -2.22. The summed E-state index contributed by atoms with van der Waals surface area (Å²) >= 11 is 0. The van der Waals surface area contributed by atoms with Gasteiger partial charge < -0.3 is 0 Å². The maximum atomic E-state index is 5.25. The Morgan fingerprint density at radius 2 is 1.93 bits per heavy atom. The Kier molecular flexibility index (Phi) is 2.65. The molecule has 0 radical (unpaired) electrons. The zero-order chi connectivity index (χ0) is 9.80. The summed E-state index contributed by atoms with van der Waals surface area (Å²) in [6.45, 7) is 0. The Morgan fingerprint density at radius 3 is 2.64 bits per heavy atom. The van der Waals surface area contributed by atoms with Crippen LogP contribution in [0.2, 0.25) is 0 Å². The number of nitrogens with zero attached hydrogens (tertiary/aromatic N) is 1. The van der Waals surface area contributed by atoms with Gasteiger partial charge in [0.1, 0.15) is 0 Å². The van der Waals surface area contributed by atoms with Crippen molar-refractivity contribution in [3.8, 4) is 0 Å². The Labute approximate surface area is 84.1 Å². The monoisotopic (exact) mass is 187 g/mol. The second-order valence-corrected chi connectivity index (χ2v) is 3.12. The zero-order valence-electron chi connectivity index (χ0n) is 8.13. The molecular formula is C12H13NO. The van der Waals surface area contributed by atoms with E-state index in [-0.39, 0.29) is 6.04 Å². The van der Waals surface area contributed by atoms with Crippen LogP contribution in [0.1, 0.15) is 11.6 Å². The van der Waals surface area contributed by atoms with Crippen LogP contribution in [0.3, 0.4) is 0 Å². The number of rotatable bonds is 2. The minimum Gasteiger partial charge on any atom is -0.276 e. The summed E-state index contributed by atoms with van der Waals surface area (Å²) in [5.41, 5.74) is 1.23. The van der Waals surface area contributed by atoms with Crippen molar-refractivity contribution in [1.82, 2.24) is 5.06 Å². The predicted molar refractivity (Wildman–Crippen MR) is 56.3 cm³/mol. The zero-order valence-corrected chi connectivity index (χ0v) is 8.13. The van der Waals surface area contributed by atoms with Crippen LogP contribution in [0.5, 0.6) is 0 Å². The van der Waals surface area contributed by atoms with Gasteiger partial charge in [0.2, 0.25) is 0 Å². The van der Waals surface area contributed by atoms with Crippen LogP contribution in [-0.4, -0.2) is 12.2 Å². The summed E-state index contributed by atoms with van der Waals surface area (Å²) < 4.78 is 0. The third-order valence-corrected chi connectivity index (χ3v) is 2.26. The molecule has 0 N–H and O–H groups in total. The Bertz CT molecular complexity index is 343. The van der Waals surface area contributed by atoms with E-state index in [2.05, 4.69) is 18.2 Å². The van der Waals surface area contributed by atoms with Crippen molar-refractivity contribution in [2.75, 3.05) is 7.11 Å². The minimum absolute atomic E-state index is 0.186. The SMILES string of the molecule is CON1C=CC=CC1c1ccccc1. The van der Waals surface area contributed by atoms with Crippen molar-refractivity contribution >= 4 is 0 Å². The highest BCUT2D eigenvalue weighted by Crippen LogP contribution is 2.24. The molecule has 1 heterocycles. The molecule has 0 bridgehead atoms. The van der Waals surface area contributed by atoms with E-state index in [1.165, 1.54) is 5.56 Å². The first kappa shape index (κ1) is 9.03. The van der Waals surface area contributed by atoms with Gasteiger partial charge in [0.05, 0.1) is 13.2 Å². The fourth-order valence-corrected chi connectivity index (χ4v) is 1.56. The van der Waals surface area contributed by atoms with E-state index in [0.717, 1.165) is 0 Å². The lowest BCUT2D eigenvalue weighted by Gasteiger charge is -2.27. The largest absolute Gasteiger partial charge is 0.276 e. The highest BCUT2D eigenvalue weighted by atomic mass is 16.7. The molecule has 0 saturated heterocycles. The van der Waals surface area contributed by atoms with Crippen molar-refractivity contribution in [2.24, 2.45) is 0 Å². The third kappa shape index (κ3) is 1.70. The summed E-state index contributed by atoms with van der Waals surface area (Å²) in [5.74, 6) is 0.